The SMILES string of the molecule is CSc1ccc(-c2csc3c(OC4CCN(C5=NCNN5)CC4)ncnc23)c(F)c1.O.O. The van der Waals surface area contributed by atoms with Crippen molar-refractivity contribution in [2.24, 2.45) is 4.99 Å². The van der Waals surface area contributed by atoms with E-state index in [0.29, 0.717) is 18.1 Å². The Kier molecular flexibility index (Phi) is 7.85. The smallest absolute Gasteiger partial charge is 0.235 e. The van der Waals surface area contributed by atoms with Crippen LogP contribution >= 0.6 is 23.1 Å². The summed E-state index contributed by atoms with van der Waals surface area (Å²) in [7, 11) is 0. The minimum atomic E-state index is -0.243. The molecular formula is C20H25FN6O3S2. The molecule has 0 saturated carbocycles. The molecule has 172 valence electrons. The molecule has 3 aromatic rings. The van der Waals surface area contributed by atoms with Crippen molar-refractivity contribution in [1.29, 1.82) is 0 Å². The Morgan fingerprint density at radius 1 is 1.19 bits per heavy atom. The molecule has 32 heavy (non-hydrogen) atoms. The standard InChI is InChI=1S/C20H21FN6OS2.2H2O/c1-29-13-2-3-14(16(21)8-13)15-9-30-18-17(15)22-10-23-19(18)28-12-4-6-27(7-5-12)20-24-11-25-26-20;;/h2-3,8-10,12,25H,4-7,11H2,1H3,(H,24,26);2*1H2. The average molecular weight is 481 g/mol. The Labute approximate surface area is 192 Å². The van der Waals surface area contributed by atoms with Crippen LogP contribution in [-0.4, -0.2) is 63.9 Å². The predicted octanol–water partition coefficient (Wildman–Crippen LogP) is 1.83. The molecule has 2 aliphatic rings. The Morgan fingerprint density at radius 3 is 2.69 bits per heavy atom. The summed E-state index contributed by atoms with van der Waals surface area (Å²) < 4.78 is 21.8. The lowest BCUT2D eigenvalue weighted by Crippen LogP contribution is -2.47. The molecule has 1 aromatic carbocycles. The summed E-state index contributed by atoms with van der Waals surface area (Å²) in [5.41, 5.74) is 8.14. The van der Waals surface area contributed by atoms with Crippen LogP contribution in [0.4, 0.5) is 4.39 Å². The van der Waals surface area contributed by atoms with E-state index in [2.05, 4.69) is 30.7 Å². The van der Waals surface area contributed by atoms with Crippen LogP contribution in [0.15, 0.2) is 39.8 Å². The summed E-state index contributed by atoms with van der Waals surface area (Å²) in [5, 5.41) is 1.93. The number of fused-ring (bicyclic) bond motifs is 1. The highest BCUT2D eigenvalue weighted by Crippen LogP contribution is 2.38. The number of nitrogens with zero attached hydrogens (tertiary/aromatic N) is 4. The van der Waals surface area contributed by atoms with Gasteiger partial charge in [-0.15, -0.1) is 23.1 Å². The van der Waals surface area contributed by atoms with Crippen LogP contribution in [0, 0.1) is 5.82 Å². The molecule has 6 N–H and O–H groups in total. The predicted molar refractivity (Wildman–Crippen MR) is 126 cm³/mol. The number of nitrogens with one attached hydrogen (secondary N) is 2. The second-order valence-corrected chi connectivity index (χ2v) is 8.86. The molecule has 5 rings (SSSR count). The maximum atomic E-state index is 14.7. The number of hydrogen-bond acceptors (Lipinski definition) is 9. The van der Waals surface area contributed by atoms with Gasteiger partial charge in [-0.05, 0) is 18.4 Å². The van der Waals surface area contributed by atoms with Gasteiger partial charge in [0.25, 0.3) is 0 Å². The molecule has 4 heterocycles. The van der Waals surface area contributed by atoms with E-state index >= 15 is 0 Å². The summed E-state index contributed by atoms with van der Waals surface area (Å²) in [5.74, 6) is 1.23. The monoisotopic (exact) mass is 480 g/mol. The first-order valence-corrected chi connectivity index (χ1v) is 11.8. The van der Waals surface area contributed by atoms with E-state index in [1.54, 1.807) is 6.07 Å². The molecule has 0 aliphatic carbocycles. The van der Waals surface area contributed by atoms with Crippen molar-refractivity contribution in [2.45, 2.75) is 23.8 Å². The summed E-state index contributed by atoms with van der Waals surface area (Å²) in [4.78, 5) is 16.3. The third kappa shape index (κ3) is 4.64. The number of halogens is 1. The maximum absolute atomic E-state index is 14.7. The van der Waals surface area contributed by atoms with Gasteiger partial charge in [-0.25, -0.2) is 24.8 Å². The Hall–Kier alpha value is -2.51. The first-order valence-electron chi connectivity index (χ1n) is 9.74. The molecule has 1 saturated heterocycles. The molecule has 2 aromatic heterocycles. The highest BCUT2D eigenvalue weighted by molar-refractivity contribution is 7.98. The van der Waals surface area contributed by atoms with Crippen LogP contribution in [0.5, 0.6) is 5.88 Å². The van der Waals surface area contributed by atoms with Crippen molar-refractivity contribution in [3.8, 4) is 17.0 Å². The van der Waals surface area contributed by atoms with Crippen LogP contribution in [-0.2, 0) is 0 Å². The van der Waals surface area contributed by atoms with Gasteiger partial charge in [0.05, 0.1) is 5.52 Å². The normalized spacial score (nSPS) is 16.2. The lowest BCUT2D eigenvalue weighted by atomic mass is 10.1. The summed E-state index contributed by atoms with van der Waals surface area (Å²) in [6.45, 7) is 2.34. The number of hydrogen-bond donors (Lipinski definition) is 2. The van der Waals surface area contributed by atoms with Gasteiger partial charge < -0.3 is 20.6 Å². The summed E-state index contributed by atoms with van der Waals surface area (Å²) in [6.07, 6.45) is 5.28. The number of aromatic nitrogens is 2. The largest absolute Gasteiger partial charge is 0.473 e. The van der Waals surface area contributed by atoms with E-state index in [1.165, 1.54) is 29.4 Å². The number of hydrazine groups is 1. The van der Waals surface area contributed by atoms with Crippen LogP contribution in [0.25, 0.3) is 21.3 Å². The first kappa shape index (κ1) is 24.1. The molecule has 2 aliphatic heterocycles. The van der Waals surface area contributed by atoms with Crippen molar-refractivity contribution in [3.63, 3.8) is 0 Å². The number of thioether (sulfide) groups is 1. The van der Waals surface area contributed by atoms with E-state index in [9.17, 15) is 4.39 Å². The zero-order chi connectivity index (χ0) is 20.5. The molecule has 12 heteroatoms. The van der Waals surface area contributed by atoms with Gasteiger partial charge in [0, 0.05) is 47.3 Å². The van der Waals surface area contributed by atoms with E-state index in [0.717, 1.165) is 52.6 Å². The Balaban J connectivity index is 0.00000144. The lowest BCUT2D eigenvalue weighted by Gasteiger charge is -2.32. The van der Waals surface area contributed by atoms with E-state index in [1.807, 2.05) is 23.8 Å². The fourth-order valence-electron chi connectivity index (χ4n) is 3.74. The van der Waals surface area contributed by atoms with Gasteiger partial charge in [-0.1, -0.05) is 6.07 Å². The molecule has 0 radical (unpaired) electrons. The van der Waals surface area contributed by atoms with Gasteiger partial charge in [-0.3, -0.25) is 5.43 Å². The molecule has 0 bridgehead atoms. The van der Waals surface area contributed by atoms with Crippen molar-refractivity contribution in [2.75, 3.05) is 26.0 Å². The second kappa shape index (κ2) is 10.4. The van der Waals surface area contributed by atoms with Crippen LogP contribution in [0.2, 0.25) is 0 Å². The highest BCUT2D eigenvalue weighted by Gasteiger charge is 2.25. The summed E-state index contributed by atoms with van der Waals surface area (Å²) >= 11 is 3.02. The molecular weight excluding hydrogens is 455 g/mol. The number of aliphatic imine (C=N–C) groups is 1. The number of benzene rings is 1. The van der Waals surface area contributed by atoms with Gasteiger partial charge >= 0.3 is 0 Å². The van der Waals surface area contributed by atoms with Crippen LogP contribution in [0.3, 0.4) is 0 Å². The molecule has 0 spiro atoms. The number of rotatable bonds is 4. The topological polar surface area (TPSA) is 138 Å². The number of thiophene rings is 1. The summed E-state index contributed by atoms with van der Waals surface area (Å²) in [6, 6.07) is 5.31. The van der Waals surface area contributed by atoms with Gasteiger partial charge in [0.1, 0.15) is 29.6 Å². The molecule has 0 amide bonds. The molecule has 0 unspecified atom stereocenters. The van der Waals surface area contributed by atoms with Gasteiger partial charge in [-0.2, -0.15) is 0 Å². The number of piperidine rings is 1. The highest BCUT2D eigenvalue weighted by atomic mass is 32.2. The number of ether oxygens (including phenoxy) is 1. The fraction of sp³-hybridized carbons (Fsp3) is 0.350. The van der Waals surface area contributed by atoms with Crippen LogP contribution < -0.4 is 15.6 Å². The quantitative estimate of drug-likeness (QED) is 0.543. The van der Waals surface area contributed by atoms with Crippen molar-refractivity contribution >= 4 is 39.3 Å². The zero-order valence-corrected chi connectivity index (χ0v) is 19.0. The average Bonchev–Trinajstić information content (AvgIpc) is 3.45. The van der Waals surface area contributed by atoms with Gasteiger partial charge in [0.2, 0.25) is 11.8 Å². The van der Waals surface area contributed by atoms with E-state index in [4.69, 9.17) is 4.74 Å². The third-order valence-corrected chi connectivity index (χ3v) is 7.00. The van der Waals surface area contributed by atoms with E-state index in [-0.39, 0.29) is 22.9 Å². The first-order chi connectivity index (χ1) is 14.7. The van der Waals surface area contributed by atoms with Crippen molar-refractivity contribution in [1.82, 2.24) is 25.7 Å². The number of guanidine groups is 1. The zero-order valence-electron chi connectivity index (χ0n) is 17.4. The Morgan fingerprint density at radius 2 is 2.00 bits per heavy atom. The number of likely N-dealkylation sites (tertiary alicyclic amines) is 1. The second-order valence-electron chi connectivity index (χ2n) is 7.10. The minimum absolute atomic E-state index is 0. The third-order valence-electron chi connectivity index (χ3n) is 5.32. The van der Waals surface area contributed by atoms with Crippen molar-refractivity contribution in [3.05, 3.63) is 35.7 Å². The minimum Gasteiger partial charge on any atom is -0.473 e. The molecule has 1 fully saturated rings. The molecule has 9 nitrogen and oxygen atoms in total. The van der Waals surface area contributed by atoms with Crippen molar-refractivity contribution < 1.29 is 20.1 Å². The van der Waals surface area contributed by atoms with E-state index < -0.39 is 0 Å². The lowest BCUT2D eigenvalue weighted by molar-refractivity contribution is 0.126. The van der Waals surface area contributed by atoms with Gasteiger partial charge in [0.15, 0.2) is 0 Å². The Bertz CT molecular complexity index is 1100. The molecule has 0 atom stereocenters. The maximum Gasteiger partial charge on any atom is 0.235 e. The fourth-order valence-corrected chi connectivity index (χ4v) is 5.12. The van der Waals surface area contributed by atoms with Crippen LogP contribution in [0.1, 0.15) is 12.8 Å².